The van der Waals surface area contributed by atoms with Crippen molar-refractivity contribution in [2.24, 2.45) is 0 Å². The van der Waals surface area contributed by atoms with Crippen LogP contribution >= 0.6 is 11.6 Å². The number of hydrogen-bond donors (Lipinski definition) is 1. The van der Waals surface area contributed by atoms with Crippen molar-refractivity contribution in [3.05, 3.63) is 30.1 Å². The molecule has 0 saturated carbocycles. The highest BCUT2D eigenvalue weighted by atomic mass is 35.5. The molecule has 1 aromatic rings. The van der Waals surface area contributed by atoms with Crippen LogP contribution in [0, 0.1) is 5.82 Å². The van der Waals surface area contributed by atoms with E-state index < -0.39 is 0 Å². The van der Waals surface area contributed by atoms with Crippen LogP contribution in [0.3, 0.4) is 0 Å². The number of benzene rings is 1. The number of carbonyl (C=O) groups excluding carboxylic acids is 1. The largest absolute Gasteiger partial charge is 0.326 e. The van der Waals surface area contributed by atoms with Crippen molar-refractivity contribution in [1.82, 2.24) is 4.90 Å². The van der Waals surface area contributed by atoms with Gasteiger partial charge in [0.25, 0.3) is 0 Å². The third-order valence-electron chi connectivity index (χ3n) is 1.84. The van der Waals surface area contributed by atoms with Crippen molar-refractivity contribution < 1.29 is 9.18 Å². The van der Waals surface area contributed by atoms with Crippen LogP contribution in [0.4, 0.5) is 14.9 Å². The molecule has 0 aliphatic carbocycles. The molecule has 0 unspecified atom stereocenters. The number of hydrogen-bond acceptors (Lipinski definition) is 1. The number of nitrogens with one attached hydrogen (secondary N) is 1. The highest BCUT2D eigenvalue weighted by Crippen LogP contribution is 2.09. The fourth-order valence-electron chi connectivity index (χ4n) is 1.01. The van der Waals surface area contributed by atoms with Gasteiger partial charge in [0.15, 0.2) is 0 Å². The molecular weight excluding hydrogens is 219 g/mol. The van der Waals surface area contributed by atoms with Crippen molar-refractivity contribution in [3.8, 4) is 0 Å². The van der Waals surface area contributed by atoms with Gasteiger partial charge in [0, 0.05) is 25.2 Å². The molecule has 0 radical (unpaired) electrons. The second kappa shape index (κ2) is 5.56. The Bertz CT molecular complexity index is 346. The molecule has 0 aliphatic rings. The van der Waals surface area contributed by atoms with Crippen LogP contribution in [0.2, 0.25) is 0 Å². The number of carbonyl (C=O) groups is 1. The standard InChI is InChI=1S/C10H12ClFN2O/c1-14(6-5-11)10(15)13-9-4-2-3-8(12)7-9/h2-4,7H,5-6H2,1H3,(H,13,15). The van der Waals surface area contributed by atoms with Crippen LogP contribution in [-0.4, -0.2) is 30.4 Å². The first-order valence-corrected chi connectivity index (χ1v) is 5.00. The Morgan fingerprint density at radius 3 is 2.93 bits per heavy atom. The molecule has 0 bridgehead atoms. The molecular formula is C10H12ClFN2O. The van der Waals surface area contributed by atoms with Crippen molar-refractivity contribution in [2.45, 2.75) is 0 Å². The number of amides is 2. The highest BCUT2D eigenvalue weighted by Gasteiger charge is 2.07. The normalized spacial score (nSPS) is 9.80. The molecule has 1 rings (SSSR count). The van der Waals surface area contributed by atoms with Gasteiger partial charge in [0.1, 0.15) is 5.82 Å². The Morgan fingerprint density at radius 2 is 2.33 bits per heavy atom. The summed E-state index contributed by atoms with van der Waals surface area (Å²) in [7, 11) is 1.62. The number of halogens is 2. The predicted octanol–water partition coefficient (Wildman–Crippen LogP) is 2.53. The van der Waals surface area contributed by atoms with Gasteiger partial charge in [-0.25, -0.2) is 9.18 Å². The zero-order valence-corrected chi connectivity index (χ0v) is 9.09. The van der Waals surface area contributed by atoms with Crippen molar-refractivity contribution in [2.75, 3.05) is 24.8 Å². The fraction of sp³-hybridized carbons (Fsp3) is 0.300. The van der Waals surface area contributed by atoms with Crippen LogP contribution in [0.15, 0.2) is 24.3 Å². The Kier molecular flexibility index (Phi) is 4.37. The summed E-state index contributed by atoms with van der Waals surface area (Å²) < 4.78 is 12.8. The molecule has 3 nitrogen and oxygen atoms in total. The van der Waals surface area contributed by atoms with E-state index in [2.05, 4.69) is 5.32 Å². The monoisotopic (exact) mass is 230 g/mol. The Balaban J connectivity index is 2.58. The molecule has 0 saturated heterocycles. The molecule has 0 aliphatic heterocycles. The zero-order valence-electron chi connectivity index (χ0n) is 8.34. The Morgan fingerprint density at radius 1 is 1.60 bits per heavy atom. The summed E-state index contributed by atoms with van der Waals surface area (Å²) >= 11 is 5.49. The lowest BCUT2D eigenvalue weighted by atomic mass is 10.3. The molecule has 0 spiro atoms. The van der Waals surface area contributed by atoms with E-state index in [0.717, 1.165) is 0 Å². The molecule has 1 N–H and O–H groups in total. The highest BCUT2D eigenvalue weighted by molar-refractivity contribution is 6.18. The first-order valence-electron chi connectivity index (χ1n) is 4.47. The van der Waals surface area contributed by atoms with Crippen LogP contribution in [0.25, 0.3) is 0 Å². The average Bonchev–Trinajstić information content (AvgIpc) is 2.18. The molecule has 5 heteroatoms. The van der Waals surface area contributed by atoms with Gasteiger partial charge >= 0.3 is 6.03 Å². The number of alkyl halides is 1. The van der Waals surface area contributed by atoms with Gasteiger partial charge in [0.2, 0.25) is 0 Å². The van der Waals surface area contributed by atoms with E-state index >= 15 is 0 Å². The summed E-state index contributed by atoms with van der Waals surface area (Å²) in [5.74, 6) is -0.0135. The Hall–Kier alpha value is -1.29. The van der Waals surface area contributed by atoms with Gasteiger partial charge in [0.05, 0.1) is 0 Å². The number of rotatable bonds is 3. The third-order valence-corrected chi connectivity index (χ3v) is 2.01. The summed E-state index contributed by atoms with van der Waals surface area (Å²) in [6, 6.07) is 5.42. The van der Waals surface area contributed by atoms with Crippen LogP contribution in [0.1, 0.15) is 0 Å². The molecule has 2 amide bonds. The molecule has 0 heterocycles. The SMILES string of the molecule is CN(CCCl)C(=O)Nc1cccc(F)c1. The van der Waals surface area contributed by atoms with Crippen LogP contribution in [0.5, 0.6) is 0 Å². The summed E-state index contributed by atoms with van der Waals surface area (Å²) in [6.07, 6.45) is 0. The maximum atomic E-state index is 12.8. The quantitative estimate of drug-likeness (QED) is 0.796. The van der Waals surface area contributed by atoms with Gasteiger partial charge < -0.3 is 10.2 Å². The van der Waals surface area contributed by atoms with Crippen molar-refractivity contribution in [1.29, 1.82) is 0 Å². The number of urea groups is 1. The maximum Gasteiger partial charge on any atom is 0.321 e. The minimum absolute atomic E-state index is 0.304. The van der Waals surface area contributed by atoms with Crippen LogP contribution in [-0.2, 0) is 0 Å². The molecule has 1 aromatic carbocycles. The maximum absolute atomic E-state index is 12.8. The fourth-order valence-corrected chi connectivity index (χ4v) is 1.27. The first kappa shape index (κ1) is 11.8. The lowest BCUT2D eigenvalue weighted by Crippen LogP contribution is -2.32. The minimum Gasteiger partial charge on any atom is -0.326 e. The lowest BCUT2D eigenvalue weighted by molar-refractivity contribution is 0.225. The Labute approximate surface area is 92.8 Å². The average molecular weight is 231 g/mol. The topological polar surface area (TPSA) is 32.3 Å². The van der Waals surface area contributed by atoms with E-state index in [1.807, 2.05) is 0 Å². The van der Waals surface area contributed by atoms with Crippen LogP contribution < -0.4 is 5.32 Å². The molecule has 0 aromatic heterocycles. The smallest absolute Gasteiger partial charge is 0.321 e. The zero-order chi connectivity index (χ0) is 11.3. The van der Waals surface area contributed by atoms with E-state index in [1.165, 1.54) is 23.1 Å². The van der Waals surface area contributed by atoms with Crippen molar-refractivity contribution in [3.63, 3.8) is 0 Å². The molecule has 0 fully saturated rings. The second-order valence-corrected chi connectivity index (χ2v) is 3.43. The van der Waals surface area contributed by atoms with E-state index in [1.54, 1.807) is 13.1 Å². The van der Waals surface area contributed by atoms with E-state index in [4.69, 9.17) is 11.6 Å². The van der Waals surface area contributed by atoms with Crippen molar-refractivity contribution >= 4 is 23.3 Å². The molecule has 82 valence electrons. The predicted molar refractivity (Wildman–Crippen MR) is 58.8 cm³/mol. The van der Waals surface area contributed by atoms with Gasteiger partial charge in [-0.3, -0.25) is 0 Å². The minimum atomic E-state index is -0.382. The van der Waals surface area contributed by atoms with E-state index in [0.29, 0.717) is 18.1 Å². The summed E-state index contributed by atoms with van der Waals surface area (Å²) in [5, 5.41) is 2.56. The third kappa shape index (κ3) is 3.75. The number of nitrogens with zero attached hydrogens (tertiary/aromatic N) is 1. The van der Waals surface area contributed by atoms with E-state index in [-0.39, 0.29) is 11.8 Å². The van der Waals surface area contributed by atoms with E-state index in [9.17, 15) is 9.18 Å². The van der Waals surface area contributed by atoms with Gasteiger partial charge in [-0.05, 0) is 18.2 Å². The molecule has 0 atom stereocenters. The van der Waals surface area contributed by atoms with Gasteiger partial charge in [-0.1, -0.05) is 6.07 Å². The lowest BCUT2D eigenvalue weighted by Gasteiger charge is -2.16. The second-order valence-electron chi connectivity index (χ2n) is 3.05. The summed E-state index contributed by atoms with van der Waals surface area (Å²) in [5.41, 5.74) is 0.432. The molecule has 15 heavy (non-hydrogen) atoms. The number of anilines is 1. The summed E-state index contributed by atoms with van der Waals surface area (Å²) in [6.45, 7) is 0.447. The van der Waals surface area contributed by atoms with Gasteiger partial charge in [-0.15, -0.1) is 11.6 Å². The first-order chi connectivity index (χ1) is 7.13. The van der Waals surface area contributed by atoms with Gasteiger partial charge in [-0.2, -0.15) is 0 Å². The summed E-state index contributed by atoms with van der Waals surface area (Å²) in [4.78, 5) is 12.9.